The van der Waals surface area contributed by atoms with Gasteiger partial charge in [0.25, 0.3) is 5.91 Å². The van der Waals surface area contributed by atoms with Crippen molar-refractivity contribution in [2.75, 3.05) is 0 Å². The molecule has 0 saturated heterocycles. The molecular weight excluding hydrogens is 524 g/mol. The number of hydrogen-bond acceptors (Lipinski definition) is 5. The number of rotatable bonds is 7. The lowest BCUT2D eigenvalue weighted by molar-refractivity contribution is 0.0692. The number of Topliss-reactive ketones (excluding diaryl/α,β-unsaturated/α-hetero) is 1. The van der Waals surface area contributed by atoms with E-state index in [0.29, 0.717) is 33.3 Å². The Morgan fingerprint density at radius 3 is 1.60 bits per heavy atom. The molecule has 0 aliphatic heterocycles. The molecule has 0 atom stereocenters. The molecule has 0 unspecified atom stereocenters. The van der Waals surface area contributed by atoms with Gasteiger partial charge in [0, 0.05) is 16.7 Å². The summed E-state index contributed by atoms with van der Waals surface area (Å²) in [7, 11) is 0. The molecular formula is C36H24N2O4. The summed E-state index contributed by atoms with van der Waals surface area (Å²) in [6, 6.07) is 42.0. The number of esters is 1. The van der Waals surface area contributed by atoms with Gasteiger partial charge in [-0.15, -0.1) is 0 Å². The Kier molecular flexibility index (Phi) is 7.34. The second kappa shape index (κ2) is 11.7. The van der Waals surface area contributed by atoms with Gasteiger partial charge in [0.2, 0.25) is 5.78 Å². The molecule has 6 nitrogen and oxygen atoms in total. The minimum Gasteiger partial charge on any atom is -0.421 e. The van der Waals surface area contributed by atoms with Crippen molar-refractivity contribution < 1.29 is 19.1 Å². The normalized spacial score (nSPS) is 11.5. The van der Waals surface area contributed by atoms with Crippen LogP contribution in [0.2, 0.25) is 0 Å². The van der Waals surface area contributed by atoms with Crippen LogP contribution in [0.4, 0.5) is 0 Å². The molecule has 0 aliphatic carbocycles. The lowest BCUT2D eigenvalue weighted by Crippen LogP contribution is -2.19. The van der Waals surface area contributed by atoms with Crippen LogP contribution in [0.3, 0.4) is 0 Å². The number of allylic oxidation sites excluding steroid dienone is 1. The van der Waals surface area contributed by atoms with Gasteiger partial charge < -0.3 is 4.74 Å². The van der Waals surface area contributed by atoms with Crippen LogP contribution in [0.1, 0.15) is 42.5 Å². The summed E-state index contributed by atoms with van der Waals surface area (Å²) >= 11 is 0. The number of aromatic nitrogens is 2. The van der Waals surface area contributed by atoms with E-state index < -0.39 is 11.8 Å². The van der Waals surface area contributed by atoms with Crippen molar-refractivity contribution in [3.63, 3.8) is 0 Å². The van der Waals surface area contributed by atoms with E-state index in [1.165, 1.54) is 4.57 Å². The predicted octanol–water partition coefficient (Wildman–Crippen LogP) is 7.33. The molecule has 0 spiro atoms. The third-order valence-electron chi connectivity index (χ3n) is 6.74. The molecule has 1 heterocycles. The summed E-state index contributed by atoms with van der Waals surface area (Å²) in [6.07, 6.45) is 0. The second-order valence-electron chi connectivity index (χ2n) is 9.45. The minimum atomic E-state index is -0.648. The zero-order valence-electron chi connectivity index (χ0n) is 22.4. The Morgan fingerprint density at radius 2 is 1.00 bits per heavy atom. The van der Waals surface area contributed by atoms with Crippen molar-refractivity contribution in [3.8, 4) is 0 Å². The van der Waals surface area contributed by atoms with Crippen LogP contribution in [0.25, 0.3) is 22.4 Å². The van der Waals surface area contributed by atoms with E-state index in [1.54, 1.807) is 121 Å². The zero-order chi connectivity index (χ0) is 28.9. The average molecular weight is 549 g/mol. The molecule has 0 aliphatic rings. The molecule has 5 aromatic carbocycles. The SMILES string of the molecule is O=C(O/C(=C(/C(=O)c1ccccc1)c1nc2ccccc2n1C(=O)c1ccccc1)c1ccccc1)c1ccccc1. The highest BCUT2D eigenvalue weighted by molar-refractivity contribution is 6.34. The molecule has 6 aromatic rings. The number of fused-ring (bicyclic) bond motifs is 1. The molecule has 42 heavy (non-hydrogen) atoms. The van der Waals surface area contributed by atoms with E-state index in [1.807, 2.05) is 24.3 Å². The topological polar surface area (TPSA) is 78.3 Å². The number of carbonyl (C=O) groups excluding carboxylic acids is 3. The Labute approximate surface area is 242 Å². The van der Waals surface area contributed by atoms with Gasteiger partial charge >= 0.3 is 5.97 Å². The number of carbonyl (C=O) groups is 3. The lowest BCUT2D eigenvalue weighted by Gasteiger charge is -2.17. The van der Waals surface area contributed by atoms with Crippen LogP contribution in [-0.4, -0.2) is 27.2 Å². The smallest absolute Gasteiger partial charge is 0.343 e. The Hall–Kier alpha value is -5.88. The number of ketones is 1. The molecule has 202 valence electrons. The van der Waals surface area contributed by atoms with Gasteiger partial charge in [-0.05, 0) is 36.4 Å². The fourth-order valence-corrected chi connectivity index (χ4v) is 4.72. The Morgan fingerprint density at radius 1 is 0.524 bits per heavy atom. The number of nitrogens with zero attached hydrogens (tertiary/aromatic N) is 2. The van der Waals surface area contributed by atoms with Gasteiger partial charge in [-0.1, -0.05) is 109 Å². The molecule has 0 bridgehead atoms. The number of ether oxygens (including phenoxy) is 1. The molecule has 0 radical (unpaired) electrons. The van der Waals surface area contributed by atoms with Gasteiger partial charge in [0.1, 0.15) is 5.57 Å². The fraction of sp³-hybridized carbons (Fsp3) is 0. The first-order valence-electron chi connectivity index (χ1n) is 13.4. The molecule has 0 N–H and O–H groups in total. The van der Waals surface area contributed by atoms with Crippen LogP contribution in [-0.2, 0) is 4.74 Å². The maximum Gasteiger partial charge on any atom is 0.343 e. The number of para-hydroxylation sites is 2. The standard InChI is InChI=1S/C36H24N2O4/c39-32(25-15-5-1-6-16-25)31(33(26-17-7-2-8-18-26)42-36(41)28-21-11-4-12-22-28)34-37-29-23-13-14-24-30(29)38(34)35(40)27-19-9-3-10-20-27/h1-24H/b33-31-. The summed E-state index contributed by atoms with van der Waals surface area (Å²) in [6.45, 7) is 0. The third-order valence-corrected chi connectivity index (χ3v) is 6.74. The van der Waals surface area contributed by atoms with E-state index >= 15 is 0 Å². The Bertz CT molecular complexity index is 1930. The van der Waals surface area contributed by atoms with Crippen molar-refractivity contribution >= 4 is 40.0 Å². The van der Waals surface area contributed by atoms with E-state index in [9.17, 15) is 14.4 Å². The molecule has 0 amide bonds. The first-order valence-corrected chi connectivity index (χ1v) is 13.4. The first kappa shape index (κ1) is 26.3. The van der Waals surface area contributed by atoms with Crippen LogP contribution in [0.5, 0.6) is 0 Å². The van der Waals surface area contributed by atoms with Crippen molar-refractivity contribution in [1.29, 1.82) is 0 Å². The van der Waals surface area contributed by atoms with E-state index in [4.69, 9.17) is 9.72 Å². The summed E-state index contributed by atoms with van der Waals surface area (Å²) in [5, 5.41) is 0. The molecule has 1 aromatic heterocycles. The van der Waals surface area contributed by atoms with Crippen molar-refractivity contribution in [2.24, 2.45) is 0 Å². The molecule has 6 heteroatoms. The van der Waals surface area contributed by atoms with Gasteiger partial charge in [-0.3, -0.25) is 14.2 Å². The van der Waals surface area contributed by atoms with Crippen molar-refractivity contribution in [2.45, 2.75) is 0 Å². The van der Waals surface area contributed by atoms with Crippen LogP contribution >= 0.6 is 0 Å². The number of benzene rings is 5. The minimum absolute atomic E-state index is 0.00396. The monoisotopic (exact) mass is 548 g/mol. The molecule has 0 fully saturated rings. The number of hydrogen-bond donors (Lipinski definition) is 0. The summed E-state index contributed by atoms with van der Waals surface area (Å²) < 4.78 is 7.49. The van der Waals surface area contributed by atoms with Gasteiger partial charge in [-0.25, -0.2) is 9.78 Å². The van der Waals surface area contributed by atoms with E-state index in [2.05, 4.69) is 0 Å². The first-order chi connectivity index (χ1) is 20.6. The molecule has 0 saturated carbocycles. The third kappa shape index (κ3) is 5.17. The maximum absolute atomic E-state index is 14.5. The average Bonchev–Trinajstić information content (AvgIpc) is 3.44. The zero-order valence-corrected chi connectivity index (χ0v) is 22.4. The second-order valence-corrected chi connectivity index (χ2v) is 9.45. The largest absolute Gasteiger partial charge is 0.421 e. The van der Waals surface area contributed by atoms with Crippen molar-refractivity contribution in [3.05, 3.63) is 174 Å². The maximum atomic E-state index is 14.5. The highest BCUT2D eigenvalue weighted by atomic mass is 16.5. The number of imidazole rings is 1. The van der Waals surface area contributed by atoms with E-state index in [-0.39, 0.29) is 23.1 Å². The highest BCUT2D eigenvalue weighted by Gasteiger charge is 2.31. The van der Waals surface area contributed by atoms with Gasteiger partial charge in [-0.2, -0.15) is 0 Å². The summed E-state index contributed by atoms with van der Waals surface area (Å²) in [4.78, 5) is 46.8. The van der Waals surface area contributed by atoms with Gasteiger partial charge in [0.15, 0.2) is 11.6 Å². The quantitative estimate of drug-likeness (QED) is 0.0903. The van der Waals surface area contributed by atoms with Crippen molar-refractivity contribution in [1.82, 2.24) is 9.55 Å². The Balaban J connectivity index is 1.68. The van der Waals surface area contributed by atoms with Crippen LogP contribution < -0.4 is 0 Å². The summed E-state index contributed by atoms with van der Waals surface area (Å²) in [5.74, 6) is -1.41. The fourth-order valence-electron chi connectivity index (χ4n) is 4.72. The summed E-state index contributed by atoms with van der Waals surface area (Å²) in [5.41, 5.74) is 2.56. The van der Waals surface area contributed by atoms with Crippen LogP contribution in [0.15, 0.2) is 146 Å². The predicted molar refractivity (Wildman–Crippen MR) is 162 cm³/mol. The molecule has 6 rings (SSSR count). The van der Waals surface area contributed by atoms with Crippen LogP contribution in [0, 0.1) is 0 Å². The lowest BCUT2D eigenvalue weighted by atomic mass is 9.98. The van der Waals surface area contributed by atoms with Gasteiger partial charge in [0.05, 0.1) is 16.6 Å². The van der Waals surface area contributed by atoms with E-state index in [0.717, 1.165) is 0 Å². The highest BCUT2D eigenvalue weighted by Crippen LogP contribution is 2.33.